The zero-order valence-electron chi connectivity index (χ0n) is 13.0. The second-order valence-electron chi connectivity index (χ2n) is 5.92. The summed E-state index contributed by atoms with van der Waals surface area (Å²) in [6.45, 7) is 8.37. The summed E-state index contributed by atoms with van der Waals surface area (Å²) in [6, 6.07) is 0.385. The Balaban J connectivity index is 1.88. The molecule has 1 saturated heterocycles. The lowest BCUT2D eigenvalue weighted by atomic mass is 10.0. The van der Waals surface area contributed by atoms with Crippen LogP contribution in [0.4, 0.5) is 0 Å². The second kappa shape index (κ2) is 7.51. The van der Waals surface area contributed by atoms with Gasteiger partial charge in [-0.1, -0.05) is 19.1 Å². The van der Waals surface area contributed by atoms with Crippen molar-refractivity contribution in [1.29, 1.82) is 0 Å². The average molecular weight is 294 g/mol. The number of hydrogen-bond acceptors (Lipinski definition) is 5. The molecule has 2 rings (SSSR count). The van der Waals surface area contributed by atoms with Crippen molar-refractivity contribution in [3.63, 3.8) is 0 Å². The van der Waals surface area contributed by atoms with Gasteiger partial charge in [-0.05, 0) is 31.8 Å². The molecule has 2 heterocycles. The Kier molecular flexibility index (Phi) is 5.69. The number of rotatable bonds is 7. The summed E-state index contributed by atoms with van der Waals surface area (Å²) in [7, 11) is 0. The van der Waals surface area contributed by atoms with Crippen LogP contribution in [-0.2, 0) is 6.54 Å². The predicted molar refractivity (Wildman–Crippen MR) is 80.8 cm³/mol. The van der Waals surface area contributed by atoms with Gasteiger partial charge >= 0.3 is 0 Å². The van der Waals surface area contributed by atoms with Gasteiger partial charge in [0, 0.05) is 19.1 Å². The van der Waals surface area contributed by atoms with E-state index in [0.717, 1.165) is 13.1 Å². The van der Waals surface area contributed by atoms with Gasteiger partial charge < -0.3 is 11.1 Å². The minimum absolute atomic E-state index is 0.164. The maximum Gasteiger partial charge on any atom is 0.273 e. The van der Waals surface area contributed by atoms with Gasteiger partial charge in [0.15, 0.2) is 5.69 Å². The van der Waals surface area contributed by atoms with E-state index in [-0.39, 0.29) is 5.91 Å². The van der Waals surface area contributed by atoms with Gasteiger partial charge in [-0.15, -0.1) is 5.10 Å². The van der Waals surface area contributed by atoms with Crippen LogP contribution in [-0.4, -0.2) is 58.0 Å². The normalized spacial score (nSPS) is 17.3. The monoisotopic (exact) mass is 294 g/mol. The van der Waals surface area contributed by atoms with Gasteiger partial charge in [-0.25, -0.2) is 0 Å². The lowest BCUT2D eigenvalue weighted by molar-refractivity contribution is 0.0922. The first-order valence-corrected chi connectivity index (χ1v) is 7.74. The van der Waals surface area contributed by atoms with Gasteiger partial charge in [-0.2, -0.15) is 0 Å². The molecule has 1 unspecified atom stereocenters. The van der Waals surface area contributed by atoms with Crippen molar-refractivity contribution in [1.82, 2.24) is 25.2 Å². The molecule has 1 aliphatic heterocycles. The van der Waals surface area contributed by atoms with E-state index in [4.69, 9.17) is 5.73 Å². The summed E-state index contributed by atoms with van der Waals surface area (Å²) in [5, 5.41) is 10.8. The van der Waals surface area contributed by atoms with Crippen LogP contribution in [0, 0.1) is 5.92 Å². The van der Waals surface area contributed by atoms with Gasteiger partial charge in [0.2, 0.25) is 0 Å². The number of hydrogen-bond donors (Lipinski definition) is 2. The molecule has 118 valence electrons. The van der Waals surface area contributed by atoms with Crippen LogP contribution in [0.3, 0.4) is 0 Å². The minimum Gasteiger partial charge on any atom is -0.349 e. The van der Waals surface area contributed by atoms with Crippen molar-refractivity contribution in [2.24, 2.45) is 11.7 Å². The molecule has 21 heavy (non-hydrogen) atoms. The topological polar surface area (TPSA) is 89.1 Å². The Morgan fingerprint density at radius 2 is 2.14 bits per heavy atom. The maximum absolute atomic E-state index is 12.1. The molecule has 1 aromatic rings. The summed E-state index contributed by atoms with van der Waals surface area (Å²) in [6.07, 6.45) is 4.15. The number of aromatic nitrogens is 3. The number of nitrogens with zero attached hydrogens (tertiary/aromatic N) is 4. The van der Waals surface area contributed by atoms with Crippen molar-refractivity contribution in [3.05, 3.63) is 11.9 Å². The summed E-state index contributed by atoms with van der Waals surface area (Å²) < 4.78 is 1.59. The Morgan fingerprint density at radius 3 is 2.76 bits per heavy atom. The molecule has 1 aliphatic rings. The van der Waals surface area contributed by atoms with Gasteiger partial charge in [0.1, 0.15) is 0 Å². The Hall–Kier alpha value is -1.47. The third-order valence-electron chi connectivity index (χ3n) is 3.98. The molecular weight excluding hydrogens is 268 g/mol. The van der Waals surface area contributed by atoms with Crippen molar-refractivity contribution >= 4 is 5.91 Å². The molecule has 0 aliphatic carbocycles. The first-order valence-electron chi connectivity index (χ1n) is 7.74. The van der Waals surface area contributed by atoms with Crippen LogP contribution in [0.1, 0.15) is 37.2 Å². The number of carbonyl (C=O) groups excluding carboxylic acids is 1. The van der Waals surface area contributed by atoms with Crippen molar-refractivity contribution < 1.29 is 4.79 Å². The highest BCUT2D eigenvalue weighted by Crippen LogP contribution is 2.17. The largest absolute Gasteiger partial charge is 0.349 e. The number of likely N-dealkylation sites (tertiary alicyclic amines) is 1. The molecule has 0 saturated carbocycles. The van der Waals surface area contributed by atoms with E-state index in [1.165, 1.54) is 12.8 Å². The van der Waals surface area contributed by atoms with E-state index < -0.39 is 0 Å². The van der Waals surface area contributed by atoms with Crippen LogP contribution in [0.15, 0.2) is 6.20 Å². The maximum atomic E-state index is 12.1. The molecule has 1 atom stereocenters. The highest BCUT2D eigenvalue weighted by atomic mass is 16.2. The molecule has 0 spiro atoms. The minimum atomic E-state index is -0.164. The molecule has 1 amide bonds. The van der Waals surface area contributed by atoms with Gasteiger partial charge in [0.05, 0.1) is 12.7 Å². The van der Waals surface area contributed by atoms with Crippen molar-refractivity contribution in [2.75, 3.05) is 26.2 Å². The summed E-state index contributed by atoms with van der Waals surface area (Å²) in [5.74, 6) is 0.347. The zero-order chi connectivity index (χ0) is 15.2. The Bertz CT molecular complexity index is 452. The second-order valence-corrected chi connectivity index (χ2v) is 5.92. The van der Waals surface area contributed by atoms with E-state index >= 15 is 0 Å². The molecule has 0 aromatic carbocycles. The van der Waals surface area contributed by atoms with E-state index in [9.17, 15) is 4.79 Å². The standard InChI is InChI=1S/C14H26N6O/c1-11(2)13(19-6-3-4-7-19)9-16-14(21)12-10-20(8-5-15)18-17-12/h10-11,13H,3-9,15H2,1-2H3,(H,16,21). The van der Waals surface area contributed by atoms with Crippen LogP contribution >= 0.6 is 0 Å². The molecule has 1 aromatic heterocycles. The van der Waals surface area contributed by atoms with Gasteiger partial charge in [-0.3, -0.25) is 14.4 Å². The fourth-order valence-corrected chi connectivity index (χ4v) is 2.79. The summed E-state index contributed by atoms with van der Waals surface area (Å²) >= 11 is 0. The van der Waals surface area contributed by atoms with E-state index in [1.54, 1.807) is 10.9 Å². The molecular formula is C14H26N6O. The number of amides is 1. The van der Waals surface area contributed by atoms with Crippen molar-refractivity contribution in [2.45, 2.75) is 39.3 Å². The fraction of sp³-hybridized carbons (Fsp3) is 0.786. The molecule has 7 nitrogen and oxygen atoms in total. The molecule has 0 bridgehead atoms. The summed E-state index contributed by atoms with van der Waals surface area (Å²) in [4.78, 5) is 14.6. The lowest BCUT2D eigenvalue weighted by Crippen LogP contribution is -2.45. The smallest absolute Gasteiger partial charge is 0.273 e. The lowest BCUT2D eigenvalue weighted by Gasteiger charge is -2.30. The molecule has 1 fully saturated rings. The fourth-order valence-electron chi connectivity index (χ4n) is 2.79. The van der Waals surface area contributed by atoms with Crippen LogP contribution in [0.25, 0.3) is 0 Å². The first-order chi connectivity index (χ1) is 10.1. The number of nitrogens with two attached hydrogens (primary N) is 1. The number of carbonyl (C=O) groups is 1. The quantitative estimate of drug-likeness (QED) is 0.744. The molecule has 3 N–H and O–H groups in total. The third-order valence-corrected chi connectivity index (χ3v) is 3.98. The average Bonchev–Trinajstić information content (AvgIpc) is 3.10. The predicted octanol–water partition coefficient (Wildman–Crippen LogP) is 0.0870. The molecule has 0 radical (unpaired) electrons. The highest BCUT2D eigenvalue weighted by Gasteiger charge is 2.25. The summed E-state index contributed by atoms with van der Waals surface area (Å²) in [5.41, 5.74) is 5.81. The van der Waals surface area contributed by atoms with Crippen LogP contribution in [0.5, 0.6) is 0 Å². The Labute approximate surface area is 125 Å². The van der Waals surface area contributed by atoms with Gasteiger partial charge in [0.25, 0.3) is 5.91 Å². The van der Waals surface area contributed by atoms with Crippen molar-refractivity contribution in [3.8, 4) is 0 Å². The van der Waals surface area contributed by atoms with Crippen LogP contribution in [0.2, 0.25) is 0 Å². The highest BCUT2D eigenvalue weighted by molar-refractivity contribution is 5.91. The zero-order valence-corrected chi connectivity index (χ0v) is 13.0. The first kappa shape index (κ1) is 15.9. The molecule has 7 heteroatoms. The van der Waals surface area contributed by atoms with E-state index in [1.807, 2.05) is 0 Å². The van der Waals surface area contributed by atoms with E-state index in [2.05, 4.69) is 34.4 Å². The van der Waals surface area contributed by atoms with Crippen LogP contribution < -0.4 is 11.1 Å². The third kappa shape index (κ3) is 4.25. The van der Waals surface area contributed by atoms with E-state index in [0.29, 0.717) is 37.3 Å². The number of nitrogens with one attached hydrogen (secondary N) is 1. The SMILES string of the molecule is CC(C)C(CNC(=O)c1cn(CCN)nn1)N1CCCC1. The Morgan fingerprint density at radius 1 is 1.43 bits per heavy atom.